The van der Waals surface area contributed by atoms with E-state index in [9.17, 15) is 9.59 Å². The number of hydrogen-bond donors (Lipinski definition) is 2. The molecular weight excluding hydrogens is 228 g/mol. The molecule has 6 heteroatoms. The van der Waals surface area contributed by atoms with Gasteiger partial charge in [-0.25, -0.2) is 9.59 Å². The highest BCUT2D eigenvalue weighted by Crippen LogP contribution is 1.92. The number of esters is 2. The quantitative estimate of drug-likeness (QED) is 0.394. The lowest BCUT2D eigenvalue weighted by atomic mass is 10.5. The molecule has 17 heavy (non-hydrogen) atoms. The van der Waals surface area contributed by atoms with Crippen molar-refractivity contribution in [2.45, 2.75) is 19.6 Å². The van der Waals surface area contributed by atoms with E-state index in [1.54, 1.807) is 6.92 Å². The van der Waals surface area contributed by atoms with Gasteiger partial charge in [-0.3, -0.25) is 0 Å². The van der Waals surface area contributed by atoms with Crippen molar-refractivity contribution in [3.8, 4) is 0 Å². The van der Waals surface area contributed by atoms with Gasteiger partial charge in [0, 0.05) is 18.6 Å². The lowest BCUT2D eigenvalue weighted by Gasteiger charge is -2.05. The summed E-state index contributed by atoms with van der Waals surface area (Å²) in [6, 6.07) is 0. The van der Waals surface area contributed by atoms with Gasteiger partial charge in [-0.05, 0) is 0 Å². The average Bonchev–Trinajstić information content (AvgIpc) is 2.36. The van der Waals surface area contributed by atoms with Crippen LogP contribution in [-0.2, 0) is 19.1 Å². The molecule has 0 heterocycles. The molecule has 0 radical (unpaired) electrons. The molecule has 1 atom stereocenters. The number of aliphatic hydroxyl groups excluding tert-OH is 2. The van der Waals surface area contributed by atoms with Crippen LogP contribution in [0.15, 0.2) is 25.3 Å². The highest BCUT2D eigenvalue weighted by molar-refractivity contribution is 5.81. The fraction of sp³-hybridized carbons (Fsp3) is 0.455. The lowest BCUT2D eigenvalue weighted by molar-refractivity contribution is -0.161. The SMILES string of the molecule is C=CC(=O)OC(O)CC.C=CC(=O)OCCO. The molecule has 0 aliphatic carbocycles. The minimum absolute atomic E-state index is 0.0465. The normalized spacial score (nSPS) is 10.3. The molecule has 0 aliphatic heterocycles. The van der Waals surface area contributed by atoms with Crippen molar-refractivity contribution >= 4 is 11.9 Å². The molecule has 0 saturated heterocycles. The number of carbonyl (C=O) groups is 2. The van der Waals surface area contributed by atoms with Gasteiger partial charge in [0.25, 0.3) is 0 Å². The first-order valence-corrected chi connectivity index (χ1v) is 4.92. The third kappa shape index (κ3) is 14.3. The Morgan fingerprint density at radius 3 is 2.18 bits per heavy atom. The summed E-state index contributed by atoms with van der Waals surface area (Å²) < 4.78 is 8.68. The van der Waals surface area contributed by atoms with E-state index in [-0.39, 0.29) is 13.2 Å². The van der Waals surface area contributed by atoms with E-state index in [0.29, 0.717) is 6.42 Å². The van der Waals surface area contributed by atoms with Crippen molar-refractivity contribution in [3.05, 3.63) is 25.3 Å². The predicted octanol–water partition coefficient (Wildman–Crippen LogP) is 0.152. The van der Waals surface area contributed by atoms with Gasteiger partial charge in [-0.15, -0.1) is 0 Å². The van der Waals surface area contributed by atoms with E-state index in [1.807, 2.05) is 0 Å². The minimum Gasteiger partial charge on any atom is -0.460 e. The smallest absolute Gasteiger partial charge is 0.332 e. The molecule has 0 bridgehead atoms. The molecule has 0 aromatic rings. The first kappa shape index (κ1) is 17.7. The Morgan fingerprint density at radius 1 is 1.29 bits per heavy atom. The molecule has 0 saturated carbocycles. The summed E-state index contributed by atoms with van der Waals surface area (Å²) >= 11 is 0. The summed E-state index contributed by atoms with van der Waals surface area (Å²) in [5.41, 5.74) is 0. The van der Waals surface area contributed by atoms with E-state index in [0.717, 1.165) is 12.2 Å². The maximum Gasteiger partial charge on any atom is 0.332 e. The molecule has 0 spiro atoms. The molecule has 6 nitrogen and oxygen atoms in total. The zero-order chi connectivity index (χ0) is 13.7. The fourth-order valence-corrected chi connectivity index (χ4v) is 0.471. The summed E-state index contributed by atoms with van der Waals surface area (Å²) in [5, 5.41) is 16.8. The molecule has 0 aromatic carbocycles. The van der Waals surface area contributed by atoms with Crippen LogP contribution in [0.1, 0.15) is 13.3 Å². The number of hydrogen-bond acceptors (Lipinski definition) is 6. The maximum absolute atomic E-state index is 10.3. The zero-order valence-electron chi connectivity index (χ0n) is 9.80. The second-order valence-electron chi connectivity index (χ2n) is 2.60. The van der Waals surface area contributed by atoms with Crippen molar-refractivity contribution in [2.24, 2.45) is 0 Å². The Hall–Kier alpha value is -1.66. The van der Waals surface area contributed by atoms with Crippen LogP contribution in [0, 0.1) is 0 Å². The van der Waals surface area contributed by atoms with E-state index in [1.165, 1.54) is 0 Å². The number of aliphatic hydroxyl groups is 2. The summed E-state index contributed by atoms with van der Waals surface area (Å²) in [6.45, 7) is 7.94. The van der Waals surface area contributed by atoms with Crippen LogP contribution in [-0.4, -0.2) is 41.7 Å². The van der Waals surface area contributed by atoms with Crippen LogP contribution in [0.4, 0.5) is 0 Å². The Labute approximate surface area is 100 Å². The van der Waals surface area contributed by atoms with Gasteiger partial charge in [0.05, 0.1) is 6.61 Å². The number of rotatable bonds is 6. The maximum atomic E-state index is 10.3. The van der Waals surface area contributed by atoms with E-state index >= 15 is 0 Å². The topological polar surface area (TPSA) is 93.1 Å². The van der Waals surface area contributed by atoms with Gasteiger partial charge in [-0.2, -0.15) is 0 Å². The standard InChI is InChI=1S/C6H10O3.C5H8O3/c1-3-5(7)9-6(8)4-2;1-2-5(7)8-4-3-6/h3,6,8H,1,4H2,2H3;2,6H,1,3-4H2. The molecule has 0 fully saturated rings. The van der Waals surface area contributed by atoms with Crippen LogP contribution in [0.2, 0.25) is 0 Å². The number of ether oxygens (including phenoxy) is 2. The van der Waals surface area contributed by atoms with Gasteiger partial charge in [0.1, 0.15) is 6.61 Å². The van der Waals surface area contributed by atoms with Crippen molar-refractivity contribution in [1.29, 1.82) is 0 Å². The Kier molecular flexibility index (Phi) is 12.9. The Balaban J connectivity index is 0. The Morgan fingerprint density at radius 2 is 1.82 bits per heavy atom. The predicted molar refractivity (Wildman–Crippen MR) is 60.8 cm³/mol. The first-order chi connectivity index (χ1) is 8.01. The monoisotopic (exact) mass is 246 g/mol. The summed E-state index contributed by atoms with van der Waals surface area (Å²) in [7, 11) is 0. The third-order valence-corrected chi connectivity index (χ3v) is 1.27. The minimum atomic E-state index is -0.990. The van der Waals surface area contributed by atoms with Crippen molar-refractivity contribution in [3.63, 3.8) is 0 Å². The molecule has 0 aliphatic rings. The highest BCUT2D eigenvalue weighted by Gasteiger charge is 2.02. The van der Waals surface area contributed by atoms with Crippen molar-refractivity contribution < 1.29 is 29.3 Å². The average molecular weight is 246 g/mol. The molecule has 0 amide bonds. The fourth-order valence-electron chi connectivity index (χ4n) is 0.471. The molecule has 0 aromatic heterocycles. The van der Waals surface area contributed by atoms with Crippen molar-refractivity contribution in [1.82, 2.24) is 0 Å². The summed E-state index contributed by atoms with van der Waals surface area (Å²) in [5.74, 6) is -1.09. The summed E-state index contributed by atoms with van der Waals surface area (Å²) in [4.78, 5) is 20.4. The molecular formula is C11H18O6. The second-order valence-corrected chi connectivity index (χ2v) is 2.60. The zero-order valence-corrected chi connectivity index (χ0v) is 9.80. The van der Waals surface area contributed by atoms with Crippen LogP contribution >= 0.6 is 0 Å². The van der Waals surface area contributed by atoms with Gasteiger partial charge >= 0.3 is 11.9 Å². The second kappa shape index (κ2) is 12.4. The third-order valence-electron chi connectivity index (χ3n) is 1.27. The summed E-state index contributed by atoms with van der Waals surface area (Å²) in [6.07, 6.45) is 1.48. The first-order valence-electron chi connectivity index (χ1n) is 4.92. The van der Waals surface area contributed by atoms with E-state index < -0.39 is 18.2 Å². The van der Waals surface area contributed by atoms with E-state index in [2.05, 4.69) is 22.6 Å². The largest absolute Gasteiger partial charge is 0.460 e. The lowest BCUT2D eigenvalue weighted by Crippen LogP contribution is -2.14. The molecule has 2 N–H and O–H groups in total. The highest BCUT2D eigenvalue weighted by atomic mass is 16.6. The van der Waals surface area contributed by atoms with E-state index in [4.69, 9.17) is 10.2 Å². The molecule has 98 valence electrons. The van der Waals surface area contributed by atoms with Crippen LogP contribution in [0.5, 0.6) is 0 Å². The number of carbonyl (C=O) groups excluding carboxylic acids is 2. The molecule has 0 rings (SSSR count). The Bertz CT molecular complexity index is 248. The van der Waals surface area contributed by atoms with Crippen molar-refractivity contribution in [2.75, 3.05) is 13.2 Å². The van der Waals surface area contributed by atoms with Gasteiger partial charge in [0.2, 0.25) is 6.29 Å². The van der Waals surface area contributed by atoms with Gasteiger partial charge in [0.15, 0.2) is 0 Å². The van der Waals surface area contributed by atoms with Gasteiger partial charge in [-0.1, -0.05) is 20.1 Å². The van der Waals surface area contributed by atoms with Crippen LogP contribution in [0.3, 0.4) is 0 Å². The van der Waals surface area contributed by atoms with Gasteiger partial charge < -0.3 is 19.7 Å². The van der Waals surface area contributed by atoms with Crippen LogP contribution < -0.4 is 0 Å². The van der Waals surface area contributed by atoms with Crippen LogP contribution in [0.25, 0.3) is 0 Å². The molecule has 1 unspecified atom stereocenters.